The van der Waals surface area contributed by atoms with E-state index in [1.54, 1.807) is 0 Å². The number of allylic oxidation sites excluding steroid dienone is 5. The molecule has 58 valence electrons. The lowest BCUT2D eigenvalue weighted by Crippen LogP contribution is -2.10. The van der Waals surface area contributed by atoms with Crippen LogP contribution in [0.15, 0.2) is 36.0 Å². The molecule has 0 bridgehead atoms. The van der Waals surface area contributed by atoms with Gasteiger partial charge >= 0.3 is 0 Å². The average Bonchev–Trinajstić information content (AvgIpc) is 2.14. The highest BCUT2D eigenvalue weighted by Crippen LogP contribution is 2.07. The first-order valence-corrected chi connectivity index (χ1v) is 3.59. The minimum absolute atomic E-state index is 0.275. The lowest BCUT2D eigenvalue weighted by atomic mass is 10.1. The van der Waals surface area contributed by atoms with Gasteiger partial charge in [-0.1, -0.05) is 30.4 Å². The zero-order valence-electron chi connectivity index (χ0n) is 6.29. The van der Waals surface area contributed by atoms with Crippen molar-refractivity contribution < 1.29 is 4.79 Å². The monoisotopic (exact) mass is 149 g/mol. The Hall–Kier alpha value is -1.31. The predicted octanol–water partition coefficient (Wildman–Crippen LogP) is 1.30. The van der Waals surface area contributed by atoms with Gasteiger partial charge < -0.3 is 5.73 Å². The van der Waals surface area contributed by atoms with Crippen molar-refractivity contribution >= 4 is 5.91 Å². The third kappa shape index (κ3) is 2.85. The summed E-state index contributed by atoms with van der Waals surface area (Å²) in [5.74, 6) is -0.275. The third-order valence-electron chi connectivity index (χ3n) is 1.45. The van der Waals surface area contributed by atoms with Crippen LogP contribution >= 0.6 is 0 Å². The van der Waals surface area contributed by atoms with E-state index in [0.29, 0.717) is 6.42 Å². The van der Waals surface area contributed by atoms with Gasteiger partial charge in [-0.3, -0.25) is 4.79 Å². The van der Waals surface area contributed by atoms with Crippen molar-refractivity contribution in [2.24, 2.45) is 5.73 Å². The molecule has 0 saturated heterocycles. The van der Waals surface area contributed by atoms with Crippen molar-refractivity contribution in [2.75, 3.05) is 0 Å². The maximum absolute atomic E-state index is 10.5. The van der Waals surface area contributed by atoms with Crippen molar-refractivity contribution in [3.8, 4) is 0 Å². The van der Waals surface area contributed by atoms with E-state index in [-0.39, 0.29) is 5.91 Å². The van der Waals surface area contributed by atoms with Crippen molar-refractivity contribution in [3.63, 3.8) is 0 Å². The van der Waals surface area contributed by atoms with Crippen molar-refractivity contribution in [1.29, 1.82) is 0 Å². The van der Waals surface area contributed by atoms with Gasteiger partial charge in [0.2, 0.25) is 5.91 Å². The minimum atomic E-state index is -0.275. The van der Waals surface area contributed by atoms with Crippen molar-refractivity contribution in [3.05, 3.63) is 36.0 Å². The first-order chi connectivity index (χ1) is 5.29. The van der Waals surface area contributed by atoms with Crippen LogP contribution in [-0.2, 0) is 4.79 Å². The van der Waals surface area contributed by atoms with E-state index in [1.165, 1.54) is 0 Å². The third-order valence-corrected chi connectivity index (χ3v) is 1.45. The summed E-state index contributed by atoms with van der Waals surface area (Å²) in [5.41, 5.74) is 6.04. The molecule has 2 heteroatoms. The van der Waals surface area contributed by atoms with Gasteiger partial charge in [-0.05, 0) is 12.0 Å². The first-order valence-electron chi connectivity index (χ1n) is 3.59. The molecule has 0 unspecified atom stereocenters. The molecule has 0 aliphatic heterocycles. The Labute approximate surface area is 66.1 Å². The molecule has 0 fully saturated rings. The molecule has 1 aliphatic carbocycles. The highest BCUT2D eigenvalue weighted by atomic mass is 16.1. The number of hydrogen-bond donors (Lipinski definition) is 1. The topological polar surface area (TPSA) is 43.1 Å². The molecule has 0 radical (unpaired) electrons. The fourth-order valence-electron chi connectivity index (χ4n) is 0.956. The molecule has 0 aromatic heterocycles. The van der Waals surface area contributed by atoms with Crippen LogP contribution in [0.5, 0.6) is 0 Å². The Balaban J connectivity index is 2.58. The smallest absolute Gasteiger partial charge is 0.221 e. The molecule has 0 atom stereocenters. The van der Waals surface area contributed by atoms with Crippen molar-refractivity contribution in [1.82, 2.24) is 0 Å². The highest BCUT2D eigenvalue weighted by Gasteiger charge is 1.97. The second-order valence-corrected chi connectivity index (χ2v) is 2.45. The molecular weight excluding hydrogens is 138 g/mol. The van der Waals surface area contributed by atoms with Gasteiger partial charge in [0, 0.05) is 0 Å². The number of nitrogens with two attached hydrogens (primary N) is 1. The molecule has 2 N–H and O–H groups in total. The zero-order valence-corrected chi connectivity index (χ0v) is 6.29. The number of primary amides is 1. The van der Waals surface area contributed by atoms with Gasteiger partial charge in [-0.2, -0.15) is 0 Å². The van der Waals surface area contributed by atoms with Crippen LogP contribution in [0.4, 0.5) is 0 Å². The summed E-state index contributed by atoms with van der Waals surface area (Å²) in [6, 6.07) is 0. The molecule has 2 nitrogen and oxygen atoms in total. The molecule has 0 aromatic rings. The summed E-state index contributed by atoms with van der Waals surface area (Å²) in [4.78, 5) is 10.5. The lowest BCUT2D eigenvalue weighted by molar-refractivity contribution is -0.117. The van der Waals surface area contributed by atoms with Gasteiger partial charge in [0.15, 0.2) is 0 Å². The first kappa shape index (κ1) is 7.79. The van der Waals surface area contributed by atoms with Crippen LogP contribution in [0.3, 0.4) is 0 Å². The van der Waals surface area contributed by atoms with Crippen LogP contribution in [0.1, 0.15) is 12.8 Å². The largest absolute Gasteiger partial charge is 0.369 e. The Kier molecular flexibility index (Phi) is 2.66. The van der Waals surface area contributed by atoms with Gasteiger partial charge in [0.1, 0.15) is 0 Å². The van der Waals surface area contributed by atoms with Crippen LogP contribution in [0.25, 0.3) is 0 Å². The summed E-state index contributed by atoms with van der Waals surface area (Å²) in [5, 5.41) is 0. The molecule has 1 rings (SSSR count). The Bertz CT molecular complexity index is 236. The second kappa shape index (κ2) is 3.76. The van der Waals surface area contributed by atoms with E-state index in [0.717, 1.165) is 12.0 Å². The summed E-state index contributed by atoms with van der Waals surface area (Å²) in [6.45, 7) is 0. The van der Waals surface area contributed by atoms with E-state index < -0.39 is 0 Å². The van der Waals surface area contributed by atoms with E-state index >= 15 is 0 Å². The molecule has 0 saturated carbocycles. The summed E-state index contributed by atoms with van der Waals surface area (Å²) in [6.07, 6.45) is 11.1. The lowest BCUT2D eigenvalue weighted by Gasteiger charge is -1.94. The average molecular weight is 149 g/mol. The molecule has 1 aliphatic rings. The summed E-state index contributed by atoms with van der Waals surface area (Å²) in [7, 11) is 0. The number of hydrogen-bond acceptors (Lipinski definition) is 1. The van der Waals surface area contributed by atoms with Crippen molar-refractivity contribution in [2.45, 2.75) is 12.8 Å². The minimum Gasteiger partial charge on any atom is -0.369 e. The molecular formula is C9H11NO. The SMILES string of the molecule is NC(=O)CC1=CCC=CC=C1. The fraction of sp³-hybridized carbons (Fsp3) is 0.222. The molecule has 0 spiro atoms. The van der Waals surface area contributed by atoms with E-state index in [1.807, 2.05) is 30.4 Å². The van der Waals surface area contributed by atoms with E-state index in [2.05, 4.69) is 0 Å². The maximum Gasteiger partial charge on any atom is 0.221 e. The summed E-state index contributed by atoms with van der Waals surface area (Å²) >= 11 is 0. The van der Waals surface area contributed by atoms with Crippen LogP contribution in [0, 0.1) is 0 Å². The molecule has 0 heterocycles. The van der Waals surface area contributed by atoms with Gasteiger partial charge in [-0.25, -0.2) is 0 Å². The number of rotatable bonds is 2. The van der Waals surface area contributed by atoms with Crippen LogP contribution in [0.2, 0.25) is 0 Å². The number of carbonyl (C=O) groups excluding carboxylic acids is 1. The van der Waals surface area contributed by atoms with Gasteiger partial charge in [0.25, 0.3) is 0 Å². The van der Waals surface area contributed by atoms with E-state index in [9.17, 15) is 4.79 Å². The Morgan fingerprint density at radius 3 is 3.09 bits per heavy atom. The number of carbonyl (C=O) groups is 1. The van der Waals surface area contributed by atoms with E-state index in [4.69, 9.17) is 5.73 Å². The second-order valence-electron chi connectivity index (χ2n) is 2.45. The maximum atomic E-state index is 10.5. The van der Waals surface area contributed by atoms with Crippen LogP contribution < -0.4 is 5.73 Å². The zero-order chi connectivity index (χ0) is 8.10. The standard InChI is InChI=1S/C9H11NO/c10-9(11)7-8-5-3-1-2-4-6-8/h1-3,5-6H,4,7H2,(H2,10,11). The molecule has 1 amide bonds. The van der Waals surface area contributed by atoms with Gasteiger partial charge in [0.05, 0.1) is 6.42 Å². The fourth-order valence-corrected chi connectivity index (χ4v) is 0.956. The Morgan fingerprint density at radius 2 is 2.36 bits per heavy atom. The predicted molar refractivity (Wildman–Crippen MR) is 44.8 cm³/mol. The summed E-state index contributed by atoms with van der Waals surface area (Å²) < 4.78 is 0. The molecule has 11 heavy (non-hydrogen) atoms. The molecule has 0 aromatic carbocycles. The Morgan fingerprint density at radius 1 is 1.55 bits per heavy atom. The normalized spacial score (nSPS) is 15.8. The quantitative estimate of drug-likeness (QED) is 0.632. The van der Waals surface area contributed by atoms with Gasteiger partial charge in [-0.15, -0.1) is 0 Å². The number of amides is 1. The van der Waals surface area contributed by atoms with Crippen LogP contribution in [-0.4, -0.2) is 5.91 Å². The highest BCUT2D eigenvalue weighted by molar-refractivity contribution is 5.77.